The molecule has 5 heteroatoms. The molecule has 2 aromatic rings. The van der Waals surface area contributed by atoms with Crippen LogP contribution in [0.25, 0.3) is 11.0 Å². The van der Waals surface area contributed by atoms with E-state index in [1.165, 1.54) is 0 Å². The minimum absolute atomic E-state index is 0.187. The highest BCUT2D eigenvalue weighted by atomic mass is 16.5. The second-order valence-corrected chi connectivity index (χ2v) is 6.41. The lowest BCUT2D eigenvalue weighted by atomic mass is 10.2. The van der Waals surface area contributed by atoms with E-state index in [4.69, 9.17) is 10.5 Å². The molecular formula is C17H25N3O2. The summed E-state index contributed by atoms with van der Waals surface area (Å²) in [5.41, 5.74) is 8.27. The van der Waals surface area contributed by atoms with E-state index in [0.29, 0.717) is 18.2 Å². The summed E-state index contributed by atoms with van der Waals surface area (Å²) in [6.45, 7) is 10.4. The minimum atomic E-state index is -0.428. The lowest BCUT2D eigenvalue weighted by Crippen LogP contribution is -2.23. The molecule has 0 saturated heterocycles. The van der Waals surface area contributed by atoms with Crippen LogP contribution in [-0.4, -0.2) is 22.1 Å². The van der Waals surface area contributed by atoms with Gasteiger partial charge in [-0.3, -0.25) is 0 Å². The lowest BCUT2D eigenvalue weighted by Gasteiger charge is -2.18. The molecule has 0 radical (unpaired) electrons. The van der Waals surface area contributed by atoms with Crippen molar-refractivity contribution < 1.29 is 9.53 Å². The number of nitrogen functional groups attached to an aromatic ring is 1. The van der Waals surface area contributed by atoms with Crippen molar-refractivity contribution in [3.8, 4) is 0 Å². The van der Waals surface area contributed by atoms with E-state index in [1.54, 1.807) is 0 Å². The summed E-state index contributed by atoms with van der Waals surface area (Å²) in [5.74, 6) is 1.11. The minimum Gasteiger partial charge on any atom is -0.464 e. The van der Waals surface area contributed by atoms with Crippen LogP contribution < -0.4 is 5.73 Å². The normalized spacial score (nSPS) is 13.0. The zero-order valence-electron chi connectivity index (χ0n) is 14.0. The average Bonchev–Trinajstić information content (AvgIpc) is 2.85. The maximum atomic E-state index is 12.3. The fraction of sp³-hybridized carbons (Fsp3) is 0.529. The molecule has 0 aliphatic heterocycles. The molecule has 1 aromatic carbocycles. The number of esters is 1. The first kappa shape index (κ1) is 16.3. The molecule has 2 rings (SSSR count). The number of hydrogen-bond acceptors (Lipinski definition) is 4. The van der Waals surface area contributed by atoms with Gasteiger partial charge in [0.15, 0.2) is 0 Å². The number of fused-ring (bicyclic) bond motifs is 1. The third-order valence-corrected chi connectivity index (χ3v) is 3.58. The Morgan fingerprint density at radius 1 is 1.27 bits per heavy atom. The van der Waals surface area contributed by atoms with E-state index in [9.17, 15) is 4.79 Å². The number of hydrogen-bond donors (Lipinski definition) is 1. The number of ether oxygens (including phenoxy) is 1. The molecule has 5 nitrogen and oxygen atoms in total. The van der Waals surface area contributed by atoms with Crippen LogP contribution in [0.1, 0.15) is 52.4 Å². The number of para-hydroxylation sites is 1. The molecule has 0 fully saturated rings. The number of nitrogens with two attached hydrogens (primary N) is 1. The van der Waals surface area contributed by atoms with Gasteiger partial charge in [-0.2, -0.15) is 0 Å². The Balaban J connectivity index is 2.46. The third-order valence-electron chi connectivity index (χ3n) is 3.58. The number of benzene rings is 1. The first-order chi connectivity index (χ1) is 10.3. The van der Waals surface area contributed by atoms with Crippen LogP contribution in [0.3, 0.4) is 0 Å². The number of nitrogens with zero attached hydrogens (tertiary/aromatic N) is 2. The second kappa shape index (κ2) is 6.38. The first-order valence-electron chi connectivity index (χ1n) is 7.75. The predicted octanol–water partition coefficient (Wildman–Crippen LogP) is 3.50. The Morgan fingerprint density at radius 2 is 1.95 bits per heavy atom. The van der Waals surface area contributed by atoms with E-state index in [1.807, 2.05) is 43.5 Å². The maximum absolute atomic E-state index is 12.3. The highest BCUT2D eigenvalue weighted by Crippen LogP contribution is 2.29. The van der Waals surface area contributed by atoms with E-state index >= 15 is 0 Å². The summed E-state index contributed by atoms with van der Waals surface area (Å²) < 4.78 is 7.33. The number of aromatic nitrogens is 2. The van der Waals surface area contributed by atoms with Crippen molar-refractivity contribution in [1.82, 2.24) is 9.55 Å². The molecule has 0 amide bonds. The molecule has 1 heterocycles. The highest BCUT2D eigenvalue weighted by Gasteiger charge is 2.24. The van der Waals surface area contributed by atoms with Crippen LogP contribution in [0.15, 0.2) is 18.2 Å². The maximum Gasteiger partial charge on any atom is 0.328 e. The topological polar surface area (TPSA) is 70.1 Å². The second-order valence-electron chi connectivity index (χ2n) is 6.41. The zero-order chi connectivity index (χ0) is 16.4. The SMILES string of the molecule is CC(C)COC(=O)C(C)n1c(C(C)C)nc2c(N)cccc21. The quantitative estimate of drug-likeness (QED) is 0.678. The average molecular weight is 303 g/mol. The molecule has 1 unspecified atom stereocenters. The summed E-state index contributed by atoms with van der Waals surface area (Å²) >= 11 is 0. The monoisotopic (exact) mass is 303 g/mol. The standard InChI is InChI=1S/C17H25N3O2/c1-10(2)9-22-17(21)12(5)20-14-8-6-7-13(18)15(14)19-16(20)11(3)4/h6-8,10-12H,9,18H2,1-5H3. The molecular weight excluding hydrogens is 278 g/mol. The van der Waals surface area contributed by atoms with Crippen LogP contribution in [0.5, 0.6) is 0 Å². The summed E-state index contributed by atoms with van der Waals surface area (Å²) in [7, 11) is 0. The summed E-state index contributed by atoms with van der Waals surface area (Å²) in [6, 6.07) is 5.22. The van der Waals surface area contributed by atoms with Gasteiger partial charge in [0.05, 0.1) is 17.8 Å². The van der Waals surface area contributed by atoms with Gasteiger partial charge in [-0.05, 0) is 25.0 Å². The Hall–Kier alpha value is -2.04. The number of anilines is 1. The number of rotatable bonds is 5. The van der Waals surface area contributed by atoms with Crippen LogP contribution >= 0.6 is 0 Å². The van der Waals surface area contributed by atoms with Gasteiger partial charge in [0, 0.05) is 5.92 Å². The van der Waals surface area contributed by atoms with Crippen molar-refractivity contribution in [2.24, 2.45) is 5.92 Å². The number of imidazole rings is 1. The Labute approximate surface area is 131 Å². The number of carbonyl (C=O) groups excluding carboxylic acids is 1. The Morgan fingerprint density at radius 3 is 2.55 bits per heavy atom. The molecule has 120 valence electrons. The molecule has 0 aliphatic rings. The van der Waals surface area contributed by atoms with Crippen LogP contribution in [-0.2, 0) is 9.53 Å². The van der Waals surface area contributed by atoms with Gasteiger partial charge in [-0.1, -0.05) is 33.8 Å². The van der Waals surface area contributed by atoms with Gasteiger partial charge >= 0.3 is 5.97 Å². The Kier molecular flexibility index (Phi) is 4.74. The zero-order valence-corrected chi connectivity index (χ0v) is 14.0. The van der Waals surface area contributed by atoms with E-state index in [-0.39, 0.29) is 11.9 Å². The first-order valence-corrected chi connectivity index (χ1v) is 7.75. The van der Waals surface area contributed by atoms with Gasteiger partial charge < -0.3 is 15.0 Å². The van der Waals surface area contributed by atoms with Crippen molar-refractivity contribution in [3.05, 3.63) is 24.0 Å². The fourth-order valence-electron chi connectivity index (χ4n) is 2.45. The van der Waals surface area contributed by atoms with Gasteiger partial charge in [-0.15, -0.1) is 0 Å². The molecule has 0 spiro atoms. The van der Waals surface area contributed by atoms with Crippen LogP contribution in [0.4, 0.5) is 5.69 Å². The van der Waals surface area contributed by atoms with E-state index < -0.39 is 6.04 Å². The van der Waals surface area contributed by atoms with E-state index in [0.717, 1.165) is 16.9 Å². The summed E-state index contributed by atoms with van der Waals surface area (Å²) in [4.78, 5) is 17.0. The van der Waals surface area contributed by atoms with Crippen molar-refractivity contribution >= 4 is 22.7 Å². The molecule has 0 bridgehead atoms. The molecule has 1 atom stereocenters. The van der Waals surface area contributed by atoms with Gasteiger partial charge in [0.25, 0.3) is 0 Å². The summed E-state index contributed by atoms with van der Waals surface area (Å²) in [6.07, 6.45) is 0. The highest BCUT2D eigenvalue weighted by molar-refractivity contribution is 5.89. The molecule has 1 aromatic heterocycles. The fourth-order valence-corrected chi connectivity index (χ4v) is 2.45. The third kappa shape index (κ3) is 3.08. The van der Waals surface area contributed by atoms with Crippen molar-refractivity contribution in [1.29, 1.82) is 0 Å². The largest absolute Gasteiger partial charge is 0.464 e. The smallest absolute Gasteiger partial charge is 0.328 e. The van der Waals surface area contributed by atoms with Crippen LogP contribution in [0.2, 0.25) is 0 Å². The van der Waals surface area contributed by atoms with E-state index in [2.05, 4.69) is 18.8 Å². The van der Waals surface area contributed by atoms with Gasteiger partial charge in [0.2, 0.25) is 0 Å². The molecule has 0 aliphatic carbocycles. The van der Waals surface area contributed by atoms with Gasteiger partial charge in [-0.25, -0.2) is 9.78 Å². The molecule has 2 N–H and O–H groups in total. The van der Waals surface area contributed by atoms with Crippen molar-refractivity contribution in [2.45, 2.75) is 46.6 Å². The number of carbonyl (C=O) groups is 1. The van der Waals surface area contributed by atoms with Crippen molar-refractivity contribution in [2.75, 3.05) is 12.3 Å². The van der Waals surface area contributed by atoms with Crippen molar-refractivity contribution in [3.63, 3.8) is 0 Å². The Bertz CT molecular complexity index is 674. The molecule has 22 heavy (non-hydrogen) atoms. The van der Waals surface area contributed by atoms with Gasteiger partial charge in [0.1, 0.15) is 17.4 Å². The predicted molar refractivity (Wildman–Crippen MR) is 88.7 cm³/mol. The van der Waals surface area contributed by atoms with Crippen LogP contribution in [0, 0.1) is 5.92 Å². The summed E-state index contributed by atoms with van der Waals surface area (Å²) in [5, 5.41) is 0. The lowest BCUT2D eigenvalue weighted by molar-refractivity contribution is -0.148. The molecule has 0 saturated carbocycles.